The number of rotatable bonds is 5. The van der Waals surface area contributed by atoms with Gasteiger partial charge < -0.3 is 23.7 Å². The van der Waals surface area contributed by atoms with E-state index in [4.69, 9.17) is 23.7 Å². The molecule has 0 saturated carbocycles. The van der Waals surface area contributed by atoms with Crippen LogP contribution in [0.3, 0.4) is 0 Å². The van der Waals surface area contributed by atoms with Crippen LogP contribution in [0.5, 0.6) is 17.2 Å². The van der Waals surface area contributed by atoms with E-state index in [0.717, 1.165) is 64.6 Å². The Kier molecular flexibility index (Phi) is 11.5. The number of ether oxygens (including phenoxy) is 5. The van der Waals surface area contributed by atoms with Crippen LogP contribution in [0.15, 0.2) is 89.4 Å². The van der Waals surface area contributed by atoms with Crippen molar-refractivity contribution in [1.82, 2.24) is 9.80 Å². The fraction of sp³-hybridized carbons (Fsp3) is 0.351. The van der Waals surface area contributed by atoms with Crippen molar-refractivity contribution >= 4 is 15.9 Å². The van der Waals surface area contributed by atoms with E-state index in [1.54, 1.807) is 21.3 Å². The van der Waals surface area contributed by atoms with Gasteiger partial charge in [-0.3, -0.25) is 9.80 Å². The maximum absolute atomic E-state index is 6.21. The number of hydrogen-bond donors (Lipinski definition) is 0. The summed E-state index contributed by atoms with van der Waals surface area (Å²) in [5.74, 6) is 2.55. The van der Waals surface area contributed by atoms with E-state index in [1.165, 1.54) is 16.7 Å². The van der Waals surface area contributed by atoms with Gasteiger partial charge in [-0.2, -0.15) is 0 Å². The standard InChI is InChI=1S/C19H23NO3.C18H20BrNO2/c1-20-9-10-23-19(14-5-4-6-16(11-14)21-2)18-12-17(22-3)8-7-15(18)13-20;1-20-8-9-22-18(13-4-3-5-16(10-13)21-2)17-11-15(19)7-6-14(17)12-20/h4-8,11-12,19H,9-10,13H2,1-3H3;3-7,10-11,18H,8-9,12H2,1-2H3. The van der Waals surface area contributed by atoms with Crippen molar-refractivity contribution in [1.29, 1.82) is 0 Å². The Balaban J connectivity index is 0.000000178. The lowest BCUT2D eigenvalue weighted by Gasteiger charge is -2.29. The molecule has 2 heterocycles. The van der Waals surface area contributed by atoms with Crippen LogP contribution in [-0.4, -0.2) is 71.5 Å². The molecule has 4 aromatic rings. The lowest BCUT2D eigenvalue weighted by molar-refractivity contribution is 0.0551. The summed E-state index contributed by atoms with van der Waals surface area (Å²) >= 11 is 3.58. The quantitative estimate of drug-likeness (QED) is 0.221. The fourth-order valence-corrected chi connectivity index (χ4v) is 6.15. The summed E-state index contributed by atoms with van der Waals surface area (Å²) in [5.41, 5.74) is 7.17. The van der Waals surface area contributed by atoms with Crippen LogP contribution >= 0.6 is 15.9 Å². The Hall–Kier alpha value is -3.40. The number of halogens is 1. The number of hydrogen-bond acceptors (Lipinski definition) is 7. The van der Waals surface area contributed by atoms with Crippen LogP contribution in [0.2, 0.25) is 0 Å². The van der Waals surface area contributed by atoms with Gasteiger partial charge in [0.2, 0.25) is 0 Å². The average molecular weight is 676 g/mol. The van der Waals surface area contributed by atoms with Gasteiger partial charge in [0.1, 0.15) is 29.5 Å². The molecule has 0 spiro atoms. The van der Waals surface area contributed by atoms with Crippen molar-refractivity contribution in [2.75, 3.05) is 61.7 Å². The Bertz CT molecular complexity index is 1560. The number of benzene rings is 4. The maximum atomic E-state index is 6.21. The smallest absolute Gasteiger partial charge is 0.119 e. The second-order valence-corrected chi connectivity index (χ2v) is 12.4. The summed E-state index contributed by atoms with van der Waals surface area (Å²) in [7, 11) is 9.31. The van der Waals surface area contributed by atoms with Crippen molar-refractivity contribution in [3.8, 4) is 17.2 Å². The monoisotopic (exact) mass is 674 g/mol. The molecular formula is C37H43BrN2O5. The highest BCUT2D eigenvalue weighted by Gasteiger charge is 2.24. The van der Waals surface area contributed by atoms with Crippen molar-refractivity contribution in [2.45, 2.75) is 25.3 Å². The number of nitrogens with zero attached hydrogens (tertiary/aromatic N) is 2. The van der Waals surface area contributed by atoms with Gasteiger partial charge in [-0.15, -0.1) is 0 Å². The summed E-state index contributed by atoms with van der Waals surface area (Å²) < 4.78 is 29.6. The van der Waals surface area contributed by atoms with Gasteiger partial charge in [0.15, 0.2) is 0 Å². The topological polar surface area (TPSA) is 52.6 Å². The lowest BCUT2D eigenvalue weighted by atomic mass is 9.95. The largest absolute Gasteiger partial charge is 0.497 e. The van der Waals surface area contributed by atoms with Crippen LogP contribution in [-0.2, 0) is 22.6 Å². The number of likely N-dealkylation sites (N-methyl/N-ethyl adjacent to an activating group) is 2. The minimum absolute atomic E-state index is 0.0590. The van der Waals surface area contributed by atoms with E-state index in [9.17, 15) is 0 Å². The van der Waals surface area contributed by atoms with Gasteiger partial charge in [0.25, 0.3) is 0 Å². The fourth-order valence-electron chi connectivity index (χ4n) is 5.77. The third-order valence-corrected chi connectivity index (χ3v) is 8.71. The second-order valence-electron chi connectivity index (χ2n) is 11.4. The van der Waals surface area contributed by atoms with E-state index in [2.05, 4.69) is 88.4 Å². The van der Waals surface area contributed by atoms with Gasteiger partial charge in [-0.25, -0.2) is 0 Å². The minimum Gasteiger partial charge on any atom is -0.497 e. The predicted molar refractivity (Wildman–Crippen MR) is 181 cm³/mol. The predicted octanol–water partition coefficient (Wildman–Crippen LogP) is 7.26. The lowest BCUT2D eigenvalue weighted by Crippen LogP contribution is -2.27. The van der Waals surface area contributed by atoms with Crippen molar-refractivity contribution in [3.63, 3.8) is 0 Å². The highest BCUT2D eigenvalue weighted by atomic mass is 79.9. The van der Waals surface area contributed by atoms with Crippen LogP contribution in [0.4, 0.5) is 0 Å². The Labute approximate surface area is 275 Å². The van der Waals surface area contributed by atoms with Gasteiger partial charge >= 0.3 is 0 Å². The molecule has 2 unspecified atom stereocenters. The number of fused-ring (bicyclic) bond motifs is 2. The molecule has 2 aliphatic rings. The van der Waals surface area contributed by atoms with E-state index in [-0.39, 0.29) is 12.2 Å². The number of methoxy groups -OCH3 is 3. The molecule has 0 bridgehead atoms. The normalized spacial score (nSPS) is 18.9. The zero-order valence-electron chi connectivity index (χ0n) is 26.8. The van der Waals surface area contributed by atoms with Gasteiger partial charge in [-0.1, -0.05) is 52.3 Å². The van der Waals surface area contributed by atoms with Gasteiger partial charge in [0, 0.05) is 30.7 Å². The molecular weight excluding hydrogens is 632 g/mol. The van der Waals surface area contributed by atoms with Crippen LogP contribution in [0.1, 0.15) is 45.6 Å². The zero-order chi connectivity index (χ0) is 31.8. The molecule has 0 aromatic heterocycles. The molecule has 4 aromatic carbocycles. The Morgan fingerprint density at radius 1 is 0.600 bits per heavy atom. The summed E-state index contributed by atoms with van der Waals surface area (Å²) in [5, 5.41) is 0. The second kappa shape index (κ2) is 15.7. The molecule has 45 heavy (non-hydrogen) atoms. The molecule has 0 N–H and O–H groups in total. The SMILES string of the molecule is COc1cccc(C2OCCN(C)Cc3ccc(Br)cc32)c1.COc1cccc(C2OCCN(C)Cc3ccc(OC)cc32)c1. The van der Waals surface area contributed by atoms with Gasteiger partial charge in [0.05, 0.1) is 34.5 Å². The third-order valence-electron chi connectivity index (χ3n) is 8.21. The zero-order valence-corrected chi connectivity index (χ0v) is 28.4. The first kappa shape index (κ1) is 33.0. The molecule has 238 valence electrons. The highest BCUT2D eigenvalue weighted by molar-refractivity contribution is 9.10. The van der Waals surface area contributed by atoms with E-state index in [1.807, 2.05) is 36.4 Å². The Morgan fingerprint density at radius 3 is 1.58 bits per heavy atom. The first-order valence-electron chi connectivity index (χ1n) is 15.2. The van der Waals surface area contributed by atoms with Crippen molar-refractivity contribution in [3.05, 3.63) is 123 Å². The molecule has 0 aliphatic carbocycles. The molecule has 2 aliphatic heterocycles. The van der Waals surface area contributed by atoms with Crippen molar-refractivity contribution in [2.24, 2.45) is 0 Å². The third kappa shape index (κ3) is 8.45. The molecule has 0 saturated heterocycles. The Morgan fingerprint density at radius 2 is 1.07 bits per heavy atom. The van der Waals surface area contributed by atoms with Crippen LogP contribution in [0.25, 0.3) is 0 Å². The maximum Gasteiger partial charge on any atom is 0.119 e. The van der Waals surface area contributed by atoms with Gasteiger partial charge in [-0.05, 0) is 96.0 Å². The van der Waals surface area contributed by atoms with Crippen LogP contribution in [0, 0.1) is 0 Å². The molecule has 7 nitrogen and oxygen atoms in total. The van der Waals surface area contributed by atoms with E-state index < -0.39 is 0 Å². The van der Waals surface area contributed by atoms with Crippen molar-refractivity contribution < 1.29 is 23.7 Å². The molecule has 8 heteroatoms. The molecule has 0 radical (unpaired) electrons. The first-order valence-corrected chi connectivity index (χ1v) is 16.0. The summed E-state index contributed by atoms with van der Waals surface area (Å²) in [6.07, 6.45) is -0.166. The molecule has 0 fully saturated rings. The summed E-state index contributed by atoms with van der Waals surface area (Å²) in [6.45, 7) is 5.08. The van der Waals surface area contributed by atoms with Crippen LogP contribution < -0.4 is 14.2 Å². The average Bonchev–Trinajstić information content (AvgIpc) is 3.05. The summed E-state index contributed by atoms with van der Waals surface area (Å²) in [6, 6.07) is 28.9. The molecule has 0 amide bonds. The van der Waals surface area contributed by atoms with E-state index in [0.29, 0.717) is 13.2 Å². The highest BCUT2D eigenvalue weighted by Crippen LogP contribution is 2.35. The summed E-state index contributed by atoms with van der Waals surface area (Å²) in [4.78, 5) is 4.56. The minimum atomic E-state index is -0.108. The first-order chi connectivity index (χ1) is 21.9. The van der Waals surface area contributed by atoms with E-state index >= 15 is 0 Å². The molecule has 6 rings (SSSR count). The molecule has 2 atom stereocenters.